The molecule has 80 valence electrons. The molecule has 1 unspecified atom stereocenters. The normalized spacial score (nSPS) is 13.3. The van der Waals surface area contributed by atoms with E-state index in [1.54, 1.807) is 17.8 Å². The van der Waals surface area contributed by atoms with Crippen molar-refractivity contribution in [3.05, 3.63) is 23.0 Å². The number of pyridine rings is 1. The summed E-state index contributed by atoms with van der Waals surface area (Å²) in [4.78, 5) is 4.17. The molecule has 0 aliphatic carbocycles. The fourth-order valence-electron chi connectivity index (χ4n) is 1.47. The first-order chi connectivity index (χ1) is 7.08. The van der Waals surface area contributed by atoms with E-state index < -0.39 is 6.10 Å². The van der Waals surface area contributed by atoms with Crippen LogP contribution >= 0.6 is 11.6 Å². The number of nitrogens with zero attached hydrogens (tertiary/aromatic N) is 3. The molecular weight excluding hydrogens is 214 g/mol. The number of hydrogen-bond acceptors (Lipinski definition) is 3. The molecule has 0 saturated carbocycles. The van der Waals surface area contributed by atoms with Crippen LogP contribution < -0.4 is 0 Å². The van der Waals surface area contributed by atoms with Crippen LogP contribution in [0.5, 0.6) is 0 Å². The minimum absolute atomic E-state index is 0.421. The Kier molecular flexibility index (Phi) is 2.63. The Balaban J connectivity index is 2.51. The molecular formula is C10H12ClN3O. The van der Waals surface area contributed by atoms with Gasteiger partial charge in [0.1, 0.15) is 11.0 Å². The van der Waals surface area contributed by atoms with Gasteiger partial charge in [-0.25, -0.2) is 0 Å². The molecule has 15 heavy (non-hydrogen) atoms. The van der Waals surface area contributed by atoms with Crippen molar-refractivity contribution in [3.63, 3.8) is 0 Å². The largest absolute Gasteiger partial charge is 0.391 e. The minimum atomic E-state index is -0.421. The molecule has 2 aromatic heterocycles. The van der Waals surface area contributed by atoms with Crippen LogP contribution in [0.2, 0.25) is 5.02 Å². The Hall–Kier alpha value is -1.13. The molecule has 0 aliphatic rings. The lowest BCUT2D eigenvalue weighted by atomic mass is 10.2. The monoisotopic (exact) mass is 225 g/mol. The lowest BCUT2D eigenvalue weighted by Gasteiger charge is -2.02. The van der Waals surface area contributed by atoms with Crippen LogP contribution in [0.4, 0.5) is 0 Å². The molecule has 0 spiro atoms. The Morgan fingerprint density at radius 2 is 2.33 bits per heavy atom. The van der Waals surface area contributed by atoms with Crippen LogP contribution in [0, 0.1) is 6.92 Å². The molecule has 0 saturated heterocycles. The zero-order valence-corrected chi connectivity index (χ0v) is 9.36. The van der Waals surface area contributed by atoms with Crippen molar-refractivity contribution in [2.24, 2.45) is 0 Å². The molecule has 1 atom stereocenters. The summed E-state index contributed by atoms with van der Waals surface area (Å²) in [6.45, 7) is 4.10. The predicted octanol–water partition coefficient (Wildman–Crippen LogP) is 1.77. The maximum absolute atomic E-state index is 9.25. The highest BCUT2D eigenvalue weighted by atomic mass is 35.5. The predicted molar refractivity (Wildman–Crippen MR) is 59.0 cm³/mol. The summed E-state index contributed by atoms with van der Waals surface area (Å²) in [7, 11) is 0. The topological polar surface area (TPSA) is 50.9 Å². The fraction of sp³-hybridized carbons (Fsp3) is 0.400. The number of halogens is 1. The molecule has 0 fully saturated rings. The number of aryl methyl sites for hydroxylation is 1. The van der Waals surface area contributed by atoms with Crippen molar-refractivity contribution in [2.45, 2.75) is 26.5 Å². The number of rotatable bonds is 2. The van der Waals surface area contributed by atoms with Gasteiger partial charge in [-0.1, -0.05) is 11.6 Å². The van der Waals surface area contributed by atoms with Gasteiger partial charge < -0.3 is 5.11 Å². The first kappa shape index (κ1) is 10.4. The molecule has 1 N–H and O–H groups in total. The highest BCUT2D eigenvalue weighted by Crippen LogP contribution is 2.21. The lowest BCUT2D eigenvalue weighted by Crippen LogP contribution is -2.11. The molecule has 5 heteroatoms. The molecule has 2 aromatic rings. The van der Waals surface area contributed by atoms with E-state index >= 15 is 0 Å². The zero-order chi connectivity index (χ0) is 11.0. The van der Waals surface area contributed by atoms with Gasteiger partial charge in [0.15, 0.2) is 0 Å². The van der Waals surface area contributed by atoms with E-state index in [9.17, 15) is 5.11 Å². The van der Waals surface area contributed by atoms with Crippen LogP contribution in [0.1, 0.15) is 12.5 Å². The molecule has 0 radical (unpaired) electrons. The SMILES string of the molecule is Cc1c(Cl)cnc2cn(CC(C)O)nc12. The van der Waals surface area contributed by atoms with Crippen LogP contribution in [-0.2, 0) is 6.54 Å². The standard InChI is InChI=1S/C10H12ClN3O/c1-6(15)4-14-5-9-10(13-14)7(2)8(11)3-12-9/h3,5-6,15H,4H2,1-2H3. The lowest BCUT2D eigenvalue weighted by molar-refractivity contribution is 0.169. The fourth-order valence-corrected chi connectivity index (χ4v) is 1.61. The Morgan fingerprint density at radius 1 is 1.60 bits per heavy atom. The smallest absolute Gasteiger partial charge is 0.115 e. The molecule has 4 nitrogen and oxygen atoms in total. The minimum Gasteiger partial charge on any atom is -0.391 e. The molecule has 2 rings (SSSR count). The summed E-state index contributed by atoms with van der Waals surface area (Å²) in [5.74, 6) is 0. The summed E-state index contributed by atoms with van der Waals surface area (Å²) >= 11 is 5.94. The van der Waals surface area contributed by atoms with Gasteiger partial charge in [0.05, 0.1) is 23.9 Å². The van der Waals surface area contributed by atoms with E-state index in [0.29, 0.717) is 11.6 Å². The Morgan fingerprint density at radius 3 is 3.00 bits per heavy atom. The average molecular weight is 226 g/mol. The van der Waals surface area contributed by atoms with Crippen molar-refractivity contribution in [1.29, 1.82) is 0 Å². The maximum Gasteiger partial charge on any atom is 0.115 e. The Labute approximate surface area is 92.5 Å². The van der Waals surface area contributed by atoms with Gasteiger partial charge in [-0.2, -0.15) is 5.10 Å². The summed E-state index contributed by atoms with van der Waals surface area (Å²) < 4.78 is 1.69. The van der Waals surface area contributed by atoms with Crippen molar-refractivity contribution in [3.8, 4) is 0 Å². The average Bonchev–Trinajstić information content (AvgIpc) is 2.54. The number of fused-ring (bicyclic) bond motifs is 1. The maximum atomic E-state index is 9.25. The summed E-state index contributed by atoms with van der Waals surface area (Å²) in [5.41, 5.74) is 2.52. The number of aliphatic hydroxyl groups excluding tert-OH is 1. The van der Waals surface area contributed by atoms with Crippen LogP contribution in [0.3, 0.4) is 0 Å². The number of aliphatic hydroxyl groups is 1. The molecule has 0 aliphatic heterocycles. The third kappa shape index (κ3) is 1.96. The quantitative estimate of drug-likeness (QED) is 0.848. The van der Waals surface area contributed by atoms with Crippen molar-refractivity contribution in [1.82, 2.24) is 14.8 Å². The van der Waals surface area contributed by atoms with Gasteiger partial charge in [-0.05, 0) is 19.4 Å². The third-order valence-corrected chi connectivity index (χ3v) is 2.61. The van der Waals surface area contributed by atoms with E-state index in [0.717, 1.165) is 16.6 Å². The van der Waals surface area contributed by atoms with E-state index in [-0.39, 0.29) is 0 Å². The Bertz CT molecular complexity index is 493. The molecule has 0 amide bonds. The number of hydrogen-bond donors (Lipinski definition) is 1. The van der Waals surface area contributed by atoms with Crippen LogP contribution in [0.25, 0.3) is 11.0 Å². The second-order valence-electron chi connectivity index (χ2n) is 3.67. The van der Waals surface area contributed by atoms with E-state index in [1.165, 1.54) is 0 Å². The highest BCUT2D eigenvalue weighted by molar-refractivity contribution is 6.31. The van der Waals surface area contributed by atoms with Gasteiger partial charge in [0.2, 0.25) is 0 Å². The first-order valence-electron chi connectivity index (χ1n) is 4.74. The van der Waals surface area contributed by atoms with Crippen LogP contribution in [-0.4, -0.2) is 26.0 Å². The van der Waals surface area contributed by atoms with E-state index in [1.807, 2.05) is 13.1 Å². The van der Waals surface area contributed by atoms with E-state index in [2.05, 4.69) is 10.1 Å². The molecule has 0 bridgehead atoms. The highest BCUT2D eigenvalue weighted by Gasteiger charge is 2.08. The summed E-state index contributed by atoms with van der Waals surface area (Å²) in [6.07, 6.45) is 3.01. The van der Waals surface area contributed by atoms with Crippen molar-refractivity contribution in [2.75, 3.05) is 0 Å². The molecule has 0 aromatic carbocycles. The van der Waals surface area contributed by atoms with E-state index in [4.69, 9.17) is 11.6 Å². The summed E-state index contributed by atoms with van der Waals surface area (Å²) in [5, 5.41) is 14.2. The van der Waals surface area contributed by atoms with Crippen molar-refractivity contribution >= 4 is 22.6 Å². The van der Waals surface area contributed by atoms with Gasteiger partial charge in [-0.3, -0.25) is 9.67 Å². The number of aromatic nitrogens is 3. The van der Waals surface area contributed by atoms with Gasteiger partial charge in [0, 0.05) is 6.20 Å². The first-order valence-corrected chi connectivity index (χ1v) is 5.12. The van der Waals surface area contributed by atoms with Gasteiger partial charge in [0.25, 0.3) is 0 Å². The zero-order valence-electron chi connectivity index (χ0n) is 8.61. The summed E-state index contributed by atoms with van der Waals surface area (Å²) in [6, 6.07) is 0. The van der Waals surface area contributed by atoms with Crippen LogP contribution in [0.15, 0.2) is 12.4 Å². The second kappa shape index (κ2) is 3.79. The second-order valence-corrected chi connectivity index (χ2v) is 4.07. The molecule has 2 heterocycles. The van der Waals surface area contributed by atoms with Gasteiger partial charge >= 0.3 is 0 Å². The third-order valence-electron chi connectivity index (χ3n) is 2.22. The van der Waals surface area contributed by atoms with Gasteiger partial charge in [-0.15, -0.1) is 0 Å². The van der Waals surface area contributed by atoms with Crippen molar-refractivity contribution < 1.29 is 5.11 Å².